The minimum absolute atomic E-state index is 0. The predicted molar refractivity (Wildman–Crippen MR) is 103 cm³/mol. The molecule has 0 aliphatic heterocycles. The number of rotatable bonds is 4. The lowest BCUT2D eigenvalue weighted by molar-refractivity contribution is -0.117. The first-order chi connectivity index (χ1) is 11.4. The van der Waals surface area contributed by atoms with Gasteiger partial charge in [0.05, 0.1) is 0 Å². The van der Waals surface area contributed by atoms with Crippen molar-refractivity contribution in [1.82, 2.24) is 0 Å². The van der Waals surface area contributed by atoms with Crippen LogP contribution in [0.1, 0.15) is 34.3 Å². The Kier molecular flexibility index (Phi) is 5.69. The second kappa shape index (κ2) is 7.57. The Labute approximate surface area is 153 Å². The van der Waals surface area contributed by atoms with E-state index in [1.165, 1.54) is 0 Å². The highest BCUT2D eigenvalue weighted by Gasteiger charge is 2.29. The summed E-state index contributed by atoms with van der Waals surface area (Å²) >= 11 is 0. The van der Waals surface area contributed by atoms with Gasteiger partial charge >= 0.3 is 0 Å². The van der Waals surface area contributed by atoms with Crippen molar-refractivity contribution in [2.24, 2.45) is 5.92 Å². The average Bonchev–Trinajstić information content (AvgIpc) is 3.37. The fourth-order valence-corrected chi connectivity index (χ4v) is 2.50. The summed E-state index contributed by atoms with van der Waals surface area (Å²) in [5.74, 6) is -0.0318. The standard InChI is InChI=1S/C19H21N3O2.ClH/c1-11-3-7-14(20)9-16(11)19(24)22-17-10-15(8-4-12(17)2)21-18(23)13-5-6-13;/h3-4,7-10,13H,5-6,20H2,1-2H3,(H,21,23)(H,22,24);1H. The molecule has 2 aromatic carbocycles. The van der Waals surface area contributed by atoms with Gasteiger partial charge in [0, 0.05) is 28.5 Å². The number of anilines is 3. The molecule has 0 unspecified atom stereocenters. The number of amides is 2. The normalized spacial score (nSPS) is 12.9. The van der Waals surface area contributed by atoms with Gasteiger partial charge in [0.25, 0.3) is 5.91 Å². The summed E-state index contributed by atoms with van der Waals surface area (Å²) in [4.78, 5) is 24.4. The average molecular weight is 360 g/mol. The van der Waals surface area contributed by atoms with Crippen LogP contribution in [0.3, 0.4) is 0 Å². The highest BCUT2D eigenvalue weighted by Crippen LogP contribution is 2.31. The molecule has 0 spiro atoms. The van der Waals surface area contributed by atoms with Gasteiger partial charge in [-0.15, -0.1) is 12.4 Å². The third-order valence-electron chi connectivity index (χ3n) is 4.21. The van der Waals surface area contributed by atoms with E-state index in [9.17, 15) is 9.59 Å². The molecule has 3 rings (SSSR count). The number of aryl methyl sites for hydroxylation is 2. The van der Waals surface area contributed by atoms with E-state index in [4.69, 9.17) is 5.73 Å². The number of nitrogens with one attached hydrogen (secondary N) is 2. The summed E-state index contributed by atoms with van der Waals surface area (Å²) in [7, 11) is 0. The molecule has 0 bridgehead atoms. The maximum absolute atomic E-state index is 12.5. The Morgan fingerprint density at radius 2 is 1.68 bits per heavy atom. The molecule has 0 saturated heterocycles. The molecule has 5 nitrogen and oxygen atoms in total. The van der Waals surface area contributed by atoms with E-state index in [-0.39, 0.29) is 30.1 Å². The quantitative estimate of drug-likeness (QED) is 0.723. The van der Waals surface area contributed by atoms with Crippen LogP contribution >= 0.6 is 12.4 Å². The van der Waals surface area contributed by atoms with Gasteiger partial charge < -0.3 is 16.4 Å². The van der Waals surface area contributed by atoms with Crippen LogP contribution in [0.15, 0.2) is 36.4 Å². The van der Waals surface area contributed by atoms with Crippen molar-refractivity contribution >= 4 is 41.3 Å². The van der Waals surface area contributed by atoms with Crippen LogP contribution in [0.4, 0.5) is 17.1 Å². The molecule has 6 heteroatoms. The molecule has 1 fully saturated rings. The number of nitrogen functional groups attached to an aromatic ring is 1. The maximum atomic E-state index is 12.5. The largest absolute Gasteiger partial charge is 0.399 e. The number of nitrogens with two attached hydrogens (primary N) is 1. The van der Waals surface area contributed by atoms with Gasteiger partial charge in [-0.2, -0.15) is 0 Å². The van der Waals surface area contributed by atoms with Crippen LogP contribution in [0.5, 0.6) is 0 Å². The van der Waals surface area contributed by atoms with Gasteiger partial charge in [0.1, 0.15) is 0 Å². The molecule has 2 aromatic rings. The number of hydrogen-bond acceptors (Lipinski definition) is 3. The molecular formula is C19H22ClN3O2. The number of carbonyl (C=O) groups is 2. The Morgan fingerprint density at radius 1 is 1.00 bits per heavy atom. The summed E-state index contributed by atoms with van der Waals surface area (Å²) in [6.07, 6.45) is 1.91. The van der Waals surface area contributed by atoms with E-state index < -0.39 is 0 Å². The molecule has 0 radical (unpaired) electrons. The topological polar surface area (TPSA) is 84.2 Å². The van der Waals surface area contributed by atoms with Crippen molar-refractivity contribution in [2.45, 2.75) is 26.7 Å². The van der Waals surface area contributed by atoms with Crippen LogP contribution in [0.25, 0.3) is 0 Å². The van der Waals surface area contributed by atoms with E-state index in [1.54, 1.807) is 18.2 Å². The zero-order valence-electron chi connectivity index (χ0n) is 14.3. The molecule has 132 valence electrons. The Morgan fingerprint density at radius 3 is 2.36 bits per heavy atom. The lowest BCUT2D eigenvalue weighted by Gasteiger charge is -2.13. The Balaban J connectivity index is 0.00000225. The Bertz CT molecular complexity index is 816. The summed E-state index contributed by atoms with van der Waals surface area (Å²) in [6.45, 7) is 3.78. The molecule has 4 N–H and O–H groups in total. The van der Waals surface area contributed by atoms with Gasteiger partial charge in [0.2, 0.25) is 5.91 Å². The zero-order chi connectivity index (χ0) is 17.3. The SMILES string of the molecule is Cc1ccc(NC(=O)C2CC2)cc1NC(=O)c1cc(N)ccc1C.Cl. The zero-order valence-corrected chi connectivity index (χ0v) is 15.1. The number of halogens is 1. The summed E-state index contributed by atoms with van der Waals surface area (Å²) < 4.78 is 0. The molecule has 1 aliphatic rings. The minimum Gasteiger partial charge on any atom is -0.399 e. The predicted octanol–water partition coefficient (Wildman–Crippen LogP) is 3.91. The van der Waals surface area contributed by atoms with E-state index in [0.717, 1.165) is 24.0 Å². The third-order valence-corrected chi connectivity index (χ3v) is 4.21. The first kappa shape index (κ1) is 18.8. The maximum Gasteiger partial charge on any atom is 0.256 e. The molecule has 1 aliphatic carbocycles. The fourth-order valence-electron chi connectivity index (χ4n) is 2.50. The van der Waals surface area contributed by atoms with Crippen molar-refractivity contribution in [3.05, 3.63) is 53.1 Å². The monoisotopic (exact) mass is 359 g/mol. The number of carbonyl (C=O) groups excluding carboxylic acids is 2. The van der Waals surface area contributed by atoms with Crippen LogP contribution in [0, 0.1) is 19.8 Å². The van der Waals surface area contributed by atoms with Crippen molar-refractivity contribution in [1.29, 1.82) is 0 Å². The second-order valence-corrected chi connectivity index (χ2v) is 6.32. The van der Waals surface area contributed by atoms with E-state index >= 15 is 0 Å². The molecule has 0 atom stereocenters. The molecule has 0 heterocycles. The molecule has 0 aromatic heterocycles. The second-order valence-electron chi connectivity index (χ2n) is 6.32. The number of hydrogen-bond donors (Lipinski definition) is 3. The smallest absolute Gasteiger partial charge is 0.256 e. The third kappa shape index (κ3) is 4.51. The molecule has 1 saturated carbocycles. The highest BCUT2D eigenvalue weighted by molar-refractivity contribution is 6.06. The highest BCUT2D eigenvalue weighted by atomic mass is 35.5. The molecule has 25 heavy (non-hydrogen) atoms. The first-order valence-electron chi connectivity index (χ1n) is 8.03. The molecular weight excluding hydrogens is 338 g/mol. The minimum atomic E-state index is -0.214. The van der Waals surface area contributed by atoms with Crippen LogP contribution in [0.2, 0.25) is 0 Å². The van der Waals surface area contributed by atoms with Crippen molar-refractivity contribution in [3.8, 4) is 0 Å². The lowest BCUT2D eigenvalue weighted by atomic mass is 10.1. The van der Waals surface area contributed by atoms with E-state index in [0.29, 0.717) is 22.6 Å². The summed E-state index contributed by atoms with van der Waals surface area (Å²) in [5.41, 5.74) is 10.0. The van der Waals surface area contributed by atoms with Gasteiger partial charge in [0.15, 0.2) is 0 Å². The van der Waals surface area contributed by atoms with E-state index in [1.807, 2.05) is 32.0 Å². The van der Waals surface area contributed by atoms with Crippen molar-refractivity contribution < 1.29 is 9.59 Å². The van der Waals surface area contributed by atoms with Gasteiger partial charge in [-0.05, 0) is 62.1 Å². The van der Waals surface area contributed by atoms with E-state index in [2.05, 4.69) is 10.6 Å². The van der Waals surface area contributed by atoms with Crippen molar-refractivity contribution in [3.63, 3.8) is 0 Å². The van der Waals surface area contributed by atoms with Crippen LogP contribution in [-0.4, -0.2) is 11.8 Å². The van der Waals surface area contributed by atoms with Gasteiger partial charge in [-0.25, -0.2) is 0 Å². The number of benzene rings is 2. The Hall–Kier alpha value is -2.53. The van der Waals surface area contributed by atoms with Crippen LogP contribution < -0.4 is 16.4 Å². The van der Waals surface area contributed by atoms with Crippen LogP contribution in [-0.2, 0) is 4.79 Å². The van der Waals surface area contributed by atoms with Gasteiger partial charge in [-0.1, -0.05) is 12.1 Å². The first-order valence-corrected chi connectivity index (χ1v) is 8.03. The molecule has 2 amide bonds. The van der Waals surface area contributed by atoms with Crippen molar-refractivity contribution in [2.75, 3.05) is 16.4 Å². The fraction of sp³-hybridized carbons (Fsp3) is 0.263. The summed E-state index contributed by atoms with van der Waals surface area (Å²) in [5, 5.41) is 5.80. The lowest BCUT2D eigenvalue weighted by Crippen LogP contribution is -2.16. The summed E-state index contributed by atoms with van der Waals surface area (Å²) in [6, 6.07) is 10.8. The van der Waals surface area contributed by atoms with Gasteiger partial charge in [-0.3, -0.25) is 9.59 Å².